The SMILES string of the molecule is CCNc1cccc2c1C1=Nc3cc(C)ccc3OC1=CC2. The van der Waals surface area contributed by atoms with Crippen molar-refractivity contribution in [3.63, 3.8) is 0 Å². The molecular weight excluding hydrogens is 272 g/mol. The molecule has 0 bridgehead atoms. The Balaban J connectivity index is 1.92. The third-order valence-corrected chi connectivity index (χ3v) is 4.06. The lowest BCUT2D eigenvalue weighted by atomic mass is 9.91. The van der Waals surface area contributed by atoms with Crippen LogP contribution in [0.1, 0.15) is 23.6 Å². The second-order valence-electron chi connectivity index (χ2n) is 5.68. The predicted molar refractivity (Wildman–Crippen MR) is 90.4 cm³/mol. The van der Waals surface area contributed by atoms with Crippen LogP contribution < -0.4 is 10.1 Å². The number of nitrogens with zero attached hydrogens (tertiary/aromatic N) is 1. The van der Waals surface area contributed by atoms with Gasteiger partial charge in [-0.15, -0.1) is 0 Å². The fraction of sp³-hybridized carbons (Fsp3) is 0.211. The first-order chi connectivity index (χ1) is 10.8. The predicted octanol–water partition coefficient (Wildman–Crippen LogP) is 4.38. The first-order valence-electron chi connectivity index (χ1n) is 7.70. The fourth-order valence-electron chi connectivity index (χ4n) is 3.05. The number of ether oxygens (including phenoxy) is 1. The van der Waals surface area contributed by atoms with Gasteiger partial charge < -0.3 is 10.1 Å². The minimum Gasteiger partial charge on any atom is -0.453 e. The Bertz CT molecular complexity index is 818. The molecule has 0 radical (unpaired) electrons. The monoisotopic (exact) mass is 290 g/mol. The standard InChI is InChI=1S/C19H18N2O/c1-3-20-14-6-4-5-13-8-10-17-19(18(13)14)21-15-11-12(2)7-9-16(15)22-17/h4-7,9-11,20H,3,8H2,1-2H3. The van der Waals surface area contributed by atoms with Crippen molar-refractivity contribution in [2.45, 2.75) is 20.3 Å². The molecule has 0 unspecified atom stereocenters. The van der Waals surface area contributed by atoms with E-state index >= 15 is 0 Å². The summed E-state index contributed by atoms with van der Waals surface area (Å²) in [6, 6.07) is 12.5. The van der Waals surface area contributed by atoms with Crippen LogP contribution in [0.5, 0.6) is 5.75 Å². The minimum absolute atomic E-state index is 0.838. The Labute approximate surface area is 130 Å². The molecule has 2 aromatic rings. The third kappa shape index (κ3) is 2.01. The van der Waals surface area contributed by atoms with E-state index < -0.39 is 0 Å². The van der Waals surface area contributed by atoms with Crippen molar-refractivity contribution in [1.29, 1.82) is 0 Å². The molecule has 2 aromatic carbocycles. The summed E-state index contributed by atoms with van der Waals surface area (Å²) in [5, 5.41) is 3.44. The Morgan fingerprint density at radius 3 is 3.00 bits per heavy atom. The van der Waals surface area contributed by atoms with Crippen molar-refractivity contribution < 1.29 is 4.74 Å². The first-order valence-corrected chi connectivity index (χ1v) is 7.70. The van der Waals surface area contributed by atoms with Crippen LogP contribution in [0.15, 0.2) is 53.2 Å². The molecule has 0 amide bonds. The molecule has 1 N–H and O–H groups in total. The van der Waals surface area contributed by atoms with Crippen molar-refractivity contribution in [3.8, 4) is 5.75 Å². The highest BCUT2D eigenvalue weighted by Crippen LogP contribution is 2.39. The normalized spacial score (nSPS) is 14.8. The zero-order valence-corrected chi connectivity index (χ0v) is 12.8. The molecule has 0 spiro atoms. The third-order valence-electron chi connectivity index (χ3n) is 4.06. The molecular formula is C19H18N2O. The summed E-state index contributed by atoms with van der Waals surface area (Å²) in [5.74, 6) is 1.71. The van der Waals surface area contributed by atoms with E-state index in [0.717, 1.165) is 41.6 Å². The largest absolute Gasteiger partial charge is 0.453 e. The number of benzene rings is 2. The topological polar surface area (TPSA) is 33.6 Å². The second kappa shape index (κ2) is 5.02. The number of rotatable bonds is 2. The molecule has 3 heteroatoms. The maximum atomic E-state index is 6.08. The van der Waals surface area contributed by atoms with E-state index in [4.69, 9.17) is 9.73 Å². The highest BCUT2D eigenvalue weighted by atomic mass is 16.5. The highest BCUT2D eigenvalue weighted by molar-refractivity contribution is 6.18. The number of hydrogen-bond donors (Lipinski definition) is 1. The van der Waals surface area contributed by atoms with Gasteiger partial charge in [-0.2, -0.15) is 0 Å². The fourth-order valence-corrected chi connectivity index (χ4v) is 3.05. The Morgan fingerprint density at radius 2 is 2.14 bits per heavy atom. The van der Waals surface area contributed by atoms with E-state index in [1.807, 2.05) is 6.07 Å². The Morgan fingerprint density at radius 1 is 1.23 bits per heavy atom. The molecule has 1 aliphatic heterocycles. The van der Waals surface area contributed by atoms with Gasteiger partial charge in [0.05, 0.1) is 0 Å². The maximum Gasteiger partial charge on any atom is 0.153 e. The van der Waals surface area contributed by atoms with Crippen LogP contribution in [0.3, 0.4) is 0 Å². The molecule has 1 aliphatic carbocycles. The summed E-state index contributed by atoms with van der Waals surface area (Å²) in [5.41, 5.74) is 6.64. The molecule has 3 nitrogen and oxygen atoms in total. The molecule has 110 valence electrons. The lowest BCUT2D eigenvalue weighted by Gasteiger charge is -2.26. The summed E-state index contributed by atoms with van der Waals surface area (Å²) in [6.45, 7) is 5.07. The van der Waals surface area contributed by atoms with Gasteiger partial charge >= 0.3 is 0 Å². The van der Waals surface area contributed by atoms with Crippen LogP contribution in [-0.4, -0.2) is 12.3 Å². The minimum atomic E-state index is 0.838. The average molecular weight is 290 g/mol. The van der Waals surface area contributed by atoms with E-state index in [0.29, 0.717) is 0 Å². The molecule has 1 heterocycles. The van der Waals surface area contributed by atoms with Crippen molar-refractivity contribution >= 4 is 17.1 Å². The zero-order valence-electron chi connectivity index (χ0n) is 12.8. The van der Waals surface area contributed by atoms with Crippen LogP contribution in [-0.2, 0) is 6.42 Å². The molecule has 22 heavy (non-hydrogen) atoms. The number of allylic oxidation sites excluding steroid dienone is 2. The van der Waals surface area contributed by atoms with Crippen molar-refractivity contribution in [3.05, 3.63) is 64.9 Å². The number of nitrogens with one attached hydrogen (secondary N) is 1. The molecule has 4 rings (SSSR count). The van der Waals surface area contributed by atoms with Gasteiger partial charge in [0.2, 0.25) is 0 Å². The van der Waals surface area contributed by atoms with E-state index in [-0.39, 0.29) is 0 Å². The summed E-state index contributed by atoms with van der Waals surface area (Å²) < 4.78 is 6.08. The number of aliphatic imine (C=N–C) groups is 1. The lowest BCUT2D eigenvalue weighted by molar-refractivity contribution is 0.447. The van der Waals surface area contributed by atoms with Crippen molar-refractivity contribution in [1.82, 2.24) is 0 Å². The summed E-state index contributed by atoms with van der Waals surface area (Å²) in [4.78, 5) is 4.90. The average Bonchev–Trinajstić information content (AvgIpc) is 2.53. The van der Waals surface area contributed by atoms with E-state index in [1.165, 1.54) is 16.7 Å². The quantitative estimate of drug-likeness (QED) is 0.890. The first kappa shape index (κ1) is 13.1. The molecule has 0 fully saturated rings. The Hall–Kier alpha value is -2.55. The van der Waals surface area contributed by atoms with Gasteiger partial charge in [0, 0.05) is 17.8 Å². The molecule has 0 saturated carbocycles. The zero-order chi connectivity index (χ0) is 15.1. The van der Waals surface area contributed by atoms with E-state index in [9.17, 15) is 0 Å². The molecule has 0 atom stereocenters. The number of anilines is 1. The number of hydrogen-bond acceptors (Lipinski definition) is 3. The van der Waals surface area contributed by atoms with Gasteiger partial charge in [-0.25, -0.2) is 4.99 Å². The number of fused-ring (bicyclic) bond motifs is 4. The maximum absolute atomic E-state index is 6.08. The second-order valence-corrected chi connectivity index (χ2v) is 5.68. The van der Waals surface area contributed by atoms with Gasteiger partial charge in [-0.1, -0.05) is 18.2 Å². The van der Waals surface area contributed by atoms with Crippen LogP contribution in [0.4, 0.5) is 11.4 Å². The van der Waals surface area contributed by atoms with E-state index in [2.05, 4.69) is 55.6 Å². The van der Waals surface area contributed by atoms with Crippen LogP contribution in [0.25, 0.3) is 0 Å². The molecule has 0 saturated heterocycles. The van der Waals surface area contributed by atoms with Gasteiger partial charge in [0.15, 0.2) is 5.75 Å². The van der Waals surface area contributed by atoms with Crippen LogP contribution in [0.2, 0.25) is 0 Å². The molecule has 0 aromatic heterocycles. The van der Waals surface area contributed by atoms with Gasteiger partial charge in [0.1, 0.15) is 17.2 Å². The van der Waals surface area contributed by atoms with Gasteiger partial charge in [-0.3, -0.25) is 0 Å². The Kier molecular flexibility index (Phi) is 3.00. The van der Waals surface area contributed by atoms with Crippen molar-refractivity contribution in [2.24, 2.45) is 4.99 Å². The molecule has 2 aliphatic rings. The summed E-state index contributed by atoms with van der Waals surface area (Å²) >= 11 is 0. The van der Waals surface area contributed by atoms with Gasteiger partial charge in [0.25, 0.3) is 0 Å². The van der Waals surface area contributed by atoms with Crippen molar-refractivity contribution in [2.75, 3.05) is 11.9 Å². The highest BCUT2D eigenvalue weighted by Gasteiger charge is 2.27. The smallest absolute Gasteiger partial charge is 0.153 e. The summed E-state index contributed by atoms with van der Waals surface area (Å²) in [6.07, 6.45) is 3.00. The summed E-state index contributed by atoms with van der Waals surface area (Å²) in [7, 11) is 0. The van der Waals surface area contributed by atoms with Gasteiger partial charge in [-0.05, 0) is 55.7 Å². The number of aryl methyl sites for hydroxylation is 1. The van der Waals surface area contributed by atoms with Crippen LogP contribution in [0, 0.1) is 6.92 Å². The lowest BCUT2D eigenvalue weighted by Crippen LogP contribution is -2.21. The van der Waals surface area contributed by atoms with E-state index in [1.54, 1.807) is 0 Å². The van der Waals surface area contributed by atoms with Crippen LogP contribution >= 0.6 is 0 Å².